The van der Waals surface area contributed by atoms with Crippen LogP contribution in [0.4, 0.5) is 10.5 Å². The normalized spacial score (nSPS) is 12.1. The Bertz CT molecular complexity index is 667. The Morgan fingerprint density at radius 2 is 1.71 bits per heavy atom. The van der Waals surface area contributed by atoms with E-state index >= 15 is 0 Å². The molecule has 0 saturated carbocycles. The zero-order valence-electron chi connectivity index (χ0n) is 12.1. The summed E-state index contributed by atoms with van der Waals surface area (Å²) in [5.74, 6) is -0.336. The van der Waals surface area contributed by atoms with Crippen molar-refractivity contribution in [3.63, 3.8) is 0 Å². The molecule has 21 heavy (non-hydrogen) atoms. The van der Waals surface area contributed by atoms with Crippen LogP contribution in [0.3, 0.4) is 0 Å². The maximum atomic E-state index is 12.2. The Labute approximate surface area is 123 Å². The van der Waals surface area contributed by atoms with Crippen LogP contribution in [0.2, 0.25) is 0 Å². The number of urea groups is 1. The fourth-order valence-electron chi connectivity index (χ4n) is 2.18. The molecule has 5 nitrogen and oxygen atoms in total. The number of nitrogens with one attached hydrogen (secondary N) is 2. The van der Waals surface area contributed by atoms with Gasteiger partial charge in [-0.3, -0.25) is 4.79 Å². The Morgan fingerprint density at radius 3 is 2.33 bits per heavy atom. The average molecular weight is 285 g/mol. The fourth-order valence-corrected chi connectivity index (χ4v) is 2.18. The first-order chi connectivity index (χ1) is 9.97. The van der Waals surface area contributed by atoms with Crippen LogP contribution in [0.1, 0.15) is 13.8 Å². The Morgan fingerprint density at radius 1 is 1.05 bits per heavy atom. The summed E-state index contributed by atoms with van der Waals surface area (Å²) in [6.07, 6.45) is 0. The highest BCUT2D eigenvalue weighted by atomic mass is 16.2. The van der Waals surface area contributed by atoms with Crippen molar-refractivity contribution in [3.05, 3.63) is 42.5 Å². The molecule has 2 aromatic carbocycles. The van der Waals surface area contributed by atoms with Gasteiger partial charge in [-0.15, -0.1) is 0 Å². The molecule has 5 heteroatoms. The molecule has 0 heterocycles. The number of carbonyl (C=O) groups is 2. The van der Waals surface area contributed by atoms with Gasteiger partial charge in [0.2, 0.25) is 5.91 Å². The van der Waals surface area contributed by atoms with Crippen LogP contribution in [-0.2, 0) is 4.79 Å². The molecule has 0 radical (unpaired) electrons. The SMILES string of the molecule is CC(C)[C@H](NC(N)=O)C(=O)Nc1ccc2ccccc2c1. The monoisotopic (exact) mass is 285 g/mol. The zero-order valence-corrected chi connectivity index (χ0v) is 12.1. The molecule has 4 N–H and O–H groups in total. The summed E-state index contributed by atoms with van der Waals surface area (Å²) in [6, 6.07) is 12.2. The first-order valence-electron chi connectivity index (χ1n) is 6.83. The molecule has 1 atom stereocenters. The number of hydrogen-bond acceptors (Lipinski definition) is 2. The number of primary amides is 1. The second kappa shape index (κ2) is 6.26. The standard InChI is InChI=1S/C16H19N3O2/c1-10(2)14(19-16(17)21)15(20)18-13-8-7-11-5-3-4-6-12(11)9-13/h3-10,14H,1-2H3,(H,18,20)(H3,17,19,21)/t14-/m0/s1. The van der Waals surface area contributed by atoms with Gasteiger partial charge in [0.15, 0.2) is 0 Å². The maximum absolute atomic E-state index is 12.2. The number of rotatable bonds is 4. The van der Waals surface area contributed by atoms with Crippen LogP contribution in [0.15, 0.2) is 42.5 Å². The third-order valence-corrected chi connectivity index (χ3v) is 3.26. The Hall–Kier alpha value is -2.56. The van der Waals surface area contributed by atoms with Crippen LogP contribution in [0, 0.1) is 5.92 Å². The van der Waals surface area contributed by atoms with E-state index in [9.17, 15) is 9.59 Å². The predicted octanol–water partition coefficient (Wildman–Crippen LogP) is 2.47. The van der Waals surface area contributed by atoms with Gasteiger partial charge in [0.25, 0.3) is 0 Å². The van der Waals surface area contributed by atoms with Crippen molar-refractivity contribution < 1.29 is 9.59 Å². The smallest absolute Gasteiger partial charge is 0.312 e. The molecule has 0 unspecified atom stereocenters. The summed E-state index contributed by atoms with van der Waals surface area (Å²) >= 11 is 0. The van der Waals surface area contributed by atoms with E-state index in [2.05, 4.69) is 10.6 Å². The zero-order chi connectivity index (χ0) is 15.4. The van der Waals surface area contributed by atoms with Crippen LogP contribution < -0.4 is 16.4 Å². The number of benzene rings is 2. The number of hydrogen-bond donors (Lipinski definition) is 3. The highest BCUT2D eigenvalue weighted by Gasteiger charge is 2.23. The minimum Gasteiger partial charge on any atom is -0.352 e. The lowest BCUT2D eigenvalue weighted by molar-refractivity contribution is -0.118. The molecule has 0 bridgehead atoms. The lowest BCUT2D eigenvalue weighted by Crippen LogP contribution is -2.49. The van der Waals surface area contributed by atoms with E-state index in [0.717, 1.165) is 10.8 Å². The van der Waals surface area contributed by atoms with E-state index < -0.39 is 12.1 Å². The lowest BCUT2D eigenvalue weighted by atomic mass is 10.0. The van der Waals surface area contributed by atoms with Gasteiger partial charge in [0.1, 0.15) is 6.04 Å². The number of amides is 3. The van der Waals surface area contributed by atoms with E-state index in [0.29, 0.717) is 5.69 Å². The lowest BCUT2D eigenvalue weighted by Gasteiger charge is -2.20. The molecule has 110 valence electrons. The summed E-state index contributed by atoms with van der Waals surface area (Å²) in [6.45, 7) is 3.70. The van der Waals surface area contributed by atoms with Crippen LogP contribution in [0.25, 0.3) is 10.8 Å². The highest BCUT2D eigenvalue weighted by Crippen LogP contribution is 2.19. The number of nitrogens with two attached hydrogens (primary N) is 1. The second-order valence-electron chi connectivity index (χ2n) is 5.28. The molecular formula is C16H19N3O2. The Balaban J connectivity index is 2.17. The summed E-state index contributed by atoms with van der Waals surface area (Å²) < 4.78 is 0. The van der Waals surface area contributed by atoms with E-state index in [-0.39, 0.29) is 11.8 Å². The van der Waals surface area contributed by atoms with Gasteiger partial charge in [-0.05, 0) is 28.8 Å². The summed E-state index contributed by atoms with van der Waals surface area (Å²) in [5, 5.41) is 7.42. The summed E-state index contributed by atoms with van der Waals surface area (Å²) in [5.41, 5.74) is 5.80. The van der Waals surface area contributed by atoms with Crippen molar-refractivity contribution in [2.45, 2.75) is 19.9 Å². The van der Waals surface area contributed by atoms with Crippen molar-refractivity contribution in [1.29, 1.82) is 0 Å². The van der Waals surface area contributed by atoms with E-state index in [1.165, 1.54) is 0 Å². The van der Waals surface area contributed by atoms with Gasteiger partial charge in [0.05, 0.1) is 0 Å². The molecular weight excluding hydrogens is 266 g/mol. The average Bonchev–Trinajstić information content (AvgIpc) is 2.44. The summed E-state index contributed by atoms with van der Waals surface area (Å²) in [7, 11) is 0. The first-order valence-corrected chi connectivity index (χ1v) is 6.83. The third kappa shape index (κ3) is 3.72. The van der Waals surface area contributed by atoms with E-state index in [4.69, 9.17) is 5.73 Å². The topological polar surface area (TPSA) is 84.2 Å². The molecule has 0 aliphatic carbocycles. The van der Waals surface area contributed by atoms with Gasteiger partial charge in [-0.2, -0.15) is 0 Å². The first kappa shape index (κ1) is 14.8. The summed E-state index contributed by atoms with van der Waals surface area (Å²) in [4.78, 5) is 23.2. The van der Waals surface area contributed by atoms with Crippen molar-refractivity contribution in [1.82, 2.24) is 5.32 Å². The van der Waals surface area contributed by atoms with Gasteiger partial charge in [-0.1, -0.05) is 44.2 Å². The van der Waals surface area contributed by atoms with Gasteiger partial charge in [-0.25, -0.2) is 4.79 Å². The number of fused-ring (bicyclic) bond motifs is 1. The van der Waals surface area contributed by atoms with Crippen LogP contribution >= 0.6 is 0 Å². The molecule has 0 fully saturated rings. The highest BCUT2D eigenvalue weighted by molar-refractivity contribution is 5.98. The number of anilines is 1. The minimum absolute atomic E-state index is 0.0574. The third-order valence-electron chi connectivity index (χ3n) is 3.26. The van der Waals surface area contributed by atoms with Crippen molar-refractivity contribution in [2.24, 2.45) is 11.7 Å². The molecule has 2 rings (SSSR count). The van der Waals surface area contributed by atoms with E-state index in [1.807, 2.05) is 56.3 Å². The van der Waals surface area contributed by atoms with Gasteiger partial charge in [0, 0.05) is 5.69 Å². The molecule has 3 amide bonds. The predicted molar refractivity (Wildman–Crippen MR) is 83.9 cm³/mol. The molecule has 0 saturated heterocycles. The number of carbonyl (C=O) groups excluding carboxylic acids is 2. The fraction of sp³-hybridized carbons (Fsp3) is 0.250. The van der Waals surface area contributed by atoms with Crippen molar-refractivity contribution in [3.8, 4) is 0 Å². The Kier molecular flexibility index (Phi) is 4.42. The van der Waals surface area contributed by atoms with Gasteiger partial charge < -0.3 is 16.4 Å². The second-order valence-corrected chi connectivity index (χ2v) is 5.28. The van der Waals surface area contributed by atoms with Crippen molar-refractivity contribution in [2.75, 3.05) is 5.32 Å². The molecule has 0 aliphatic rings. The van der Waals surface area contributed by atoms with Crippen LogP contribution in [0.5, 0.6) is 0 Å². The molecule has 0 spiro atoms. The quantitative estimate of drug-likeness (QED) is 0.806. The molecule has 0 aliphatic heterocycles. The van der Waals surface area contributed by atoms with Crippen molar-refractivity contribution >= 4 is 28.4 Å². The van der Waals surface area contributed by atoms with E-state index in [1.54, 1.807) is 0 Å². The van der Waals surface area contributed by atoms with Crippen LogP contribution in [-0.4, -0.2) is 18.0 Å². The largest absolute Gasteiger partial charge is 0.352 e. The minimum atomic E-state index is -0.706. The maximum Gasteiger partial charge on any atom is 0.312 e. The molecule has 2 aromatic rings. The molecule has 0 aromatic heterocycles. The van der Waals surface area contributed by atoms with Gasteiger partial charge >= 0.3 is 6.03 Å².